The van der Waals surface area contributed by atoms with Gasteiger partial charge in [0.25, 0.3) is 0 Å². The fourth-order valence-electron chi connectivity index (χ4n) is 1.94. The number of aryl methyl sites for hydroxylation is 2. The molecule has 0 saturated heterocycles. The van der Waals surface area contributed by atoms with E-state index in [-0.39, 0.29) is 11.4 Å². The molecule has 0 aliphatic heterocycles. The number of halogens is 1. The molecule has 1 heterocycles. The molecule has 1 unspecified atom stereocenters. The number of hydrogen-bond acceptors (Lipinski definition) is 5. The largest absolute Gasteiger partial charge is 0.361 e. The minimum atomic E-state index is -3.71. The van der Waals surface area contributed by atoms with Gasteiger partial charge in [0.15, 0.2) is 9.84 Å². The summed E-state index contributed by atoms with van der Waals surface area (Å²) < 4.78 is 29.5. The molecule has 2 rings (SSSR count). The lowest BCUT2D eigenvalue weighted by molar-refractivity contribution is -0.115. The molecule has 8 heteroatoms. The van der Waals surface area contributed by atoms with Gasteiger partial charge in [-0.2, -0.15) is 0 Å². The first-order valence-corrected chi connectivity index (χ1v) is 8.99. The molecule has 6 nitrogen and oxygen atoms in total. The molecule has 0 radical (unpaired) electrons. The van der Waals surface area contributed by atoms with Crippen LogP contribution in [-0.2, 0) is 20.4 Å². The fraction of sp³-hybridized carbons (Fsp3) is 0.333. The SMILES string of the molecule is Cc1cc(CS(=O)(=O)C(C)C(=O)Nc2cc(Cl)ccc2C)no1. The second-order valence-corrected chi connectivity index (χ2v) is 8.08. The Morgan fingerprint density at radius 3 is 2.65 bits per heavy atom. The van der Waals surface area contributed by atoms with Crippen LogP contribution < -0.4 is 5.32 Å². The topological polar surface area (TPSA) is 89.3 Å². The highest BCUT2D eigenvalue weighted by Crippen LogP contribution is 2.21. The van der Waals surface area contributed by atoms with Gasteiger partial charge in [0, 0.05) is 16.8 Å². The third-order valence-corrected chi connectivity index (χ3v) is 5.62. The normalized spacial score (nSPS) is 12.9. The minimum absolute atomic E-state index is 0.279. The molecule has 0 aliphatic carbocycles. The summed E-state index contributed by atoms with van der Waals surface area (Å²) in [7, 11) is -3.71. The van der Waals surface area contributed by atoms with Crippen LogP contribution >= 0.6 is 11.6 Å². The van der Waals surface area contributed by atoms with Crippen LogP contribution in [0.15, 0.2) is 28.8 Å². The van der Waals surface area contributed by atoms with Crippen molar-refractivity contribution in [3.8, 4) is 0 Å². The third kappa shape index (κ3) is 4.33. The maximum atomic E-state index is 12.3. The summed E-state index contributed by atoms with van der Waals surface area (Å²) in [6, 6.07) is 6.55. The van der Waals surface area contributed by atoms with E-state index in [0.717, 1.165) is 5.56 Å². The molecule has 1 aromatic heterocycles. The van der Waals surface area contributed by atoms with Crippen LogP contribution in [0, 0.1) is 13.8 Å². The van der Waals surface area contributed by atoms with Crippen LogP contribution in [0.3, 0.4) is 0 Å². The zero-order valence-electron chi connectivity index (χ0n) is 13.0. The first kappa shape index (κ1) is 17.5. The van der Waals surface area contributed by atoms with E-state index >= 15 is 0 Å². The first-order chi connectivity index (χ1) is 10.7. The third-order valence-electron chi connectivity index (χ3n) is 3.39. The van der Waals surface area contributed by atoms with Crippen LogP contribution in [-0.4, -0.2) is 24.7 Å². The zero-order valence-corrected chi connectivity index (χ0v) is 14.5. The molecule has 1 atom stereocenters. The molecule has 124 valence electrons. The van der Waals surface area contributed by atoms with Crippen molar-refractivity contribution >= 4 is 33.0 Å². The second-order valence-electron chi connectivity index (χ2n) is 5.33. The van der Waals surface area contributed by atoms with E-state index in [2.05, 4.69) is 10.5 Å². The summed E-state index contributed by atoms with van der Waals surface area (Å²) in [6.45, 7) is 4.81. The lowest BCUT2D eigenvalue weighted by atomic mass is 10.2. The van der Waals surface area contributed by atoms with Crippen LogP contribution in [0.1, 0.15) is 23.9 Å². The van der Waals surface area contributed by atoms with Gasteiger partial charge in [-0.05, 0) is 38.5 Å². The number of nitrogens with zero attached hydrogens (tertiary/aromatic N) is 1. The van der Waals surface area contributed by atoms with Crippen LogP contribution in [0.25, 0.3) is 0 Å². The number of anilines is 1. The van der Waals surface area contributed by atoms with Crippen molar-refractivity contribution in [2.24, 2.45) is 0 Å². The van der Waals surface area contributed by atoms with Crippen LogP contribution in [0.4, 0.5) is 5.69 Å². The van der Waals surface area contributed by atoms with Gasteiger partial charge in [-0.1, -0.05) is 22.8 Å². The van der Waals surface area contributed by atoms with Gasteiger partial charge < -0.3 is 9.84 Å². The number of rotatable bonds is 5. The number of carbonyl (C=O) groups is 1. The van der Waals surface area contributed by atoms with Crippen molar-refractivity contribution in [1.82, 2.24) is 5.16 Å². The Labute approximate surface area is 139 Å². The second kappa shape index (κ2) is 6.72. The Balaban J connectivity index is 2.13. The highest BCUT2D eigenvalue weighted by atomic mass is 35.5. The predicted octanol–water partition coefficient (Wildman–Crippen LogP) is 2.89. The summed E-state index contributed by atoms with van der Waals surface area (Å²) >= 11 is 5.89. The predicted molar refractivity (Wildman–Crippen MR) is 88.1 cm³/mol. The fourth-order valence-corrected chi connectivity index (χ4v) is 3.30. The molecule has 0 fully saturated rings. The average molecular weight is 357 g/mol. The maximum Gasteiger partial charge on any atom is 0.242 e. The van der Waals surface area contributed by atoms with Crippen molar-refractivity contribution in [3.63, 3.8) is 0 Å². The van der Waals surface area contributed by atoms with Gasteiger partial charge in [0.05, 0.1) is 11.4 Å². The zero-order chi connectivity index (χ0) is 17.2. The molecule has 0 bridgehead atoms. The summed E-state index contributed by atoms with van der Waals surface area (Å²) in [5, 5.41) is 5.48. The molecule has 23 heavy (non-hydrogen) atoms. The molecule has 0 aliphatic rings. The van der Waals surface area contributed by atoms with Crippen molar-refractivity contribution in [3.05, 3.63) is 46.3 Å². The number of carbonyl (C=O) groups excluding carboxylic acids is 1. The first-order valence-electron chi connectivity index (χ1n) is 6.90. The molecular weight excluding hydrogens is 340 g/mol. The van der Waals surface area contributed by atoms with Gasteiger partial charge in [0.1, 0.15) is 11.0 Å². The van der Waals surface area contributed by atoms with E-state index in [1.807, 2.05) is 0 Å². The van der Waals surface area contributed by atoms with Crippen molar-refractivity contribution in [2.75, 3.05) is 5.32 Å². The minimum Gasteiger partial charge on any atom is -0.361 e. The van der Waals surface area contributed by atoms with Gasteiger partial charge in [-0.25, -0.2) is 8.42 Å². The van der Waals surface area contributed by atoms with Crippen molar-refractivity contribution < 1.29 is 17.7 Å². The Kier molecular flexibility index (Phi) is 5.11. The maximum absolute atomic E-state index is 12.3. The number of aromatic nitrogens is 1. The molecule has 1 N–H and O–H groups in total. The summed E-state index contributed by atoms with van der Waals surface area (Å²) in [4.78, 5) is 12.2. The molecule has 1 aromatic carbocycles. The molecule has 2 aromatic rings. The van der Waals surface area contributed by atoms with Gasteiger partial charge >= 0.3 is 0 Å². The molecular formula is C15H17ClN2O4S. The van der Waals surface area contributed by atoms with Gasteiger partial charge in [0.2, 0.25) is 5.91 Å². The van der Waals surface area contributed by atoms with E-state index in [9.17, 15) is 13.2 Å². The Hall–Kier alpha value is -1.86. The van der Waals surface area contributed by atoms with Gasteiger partial charge in [-0.3, -0.25) is 4.79 Å². The number of nitrogens with one attached hydrogen (secondary N) is 1. The average Bonchev–Trinajstić information content (AvgIpc) is 2.86. The smallest absolute Gasteiger partial charge is 0.242 e. The lowest BCUT2D eigenvalue weighted by Crippen LogP contribution is -2.33. The summed E-state index contributed by atoms with van der Waals surface area (Å²) in [5.41, 5.74) is 1.56. The van der Waals surface area contributed by atoms with E-state index < -0.39 is 21.0 Å². The lowest BCUT2D eigenvalue weighted by Gasteiger charge is -2.14. The van der Waals surface area contributed by atoms with Crippen molar-refractivity contribution in [2.45, 2.75) is 31.8 Å². The highest BCUT2D eigenvalue weighted by Gasteiger charge is 2.29. The Bertz CT molecular complexity index is 830. The van der Waals surface area contributed by atoms with E-state index in [1.165, 1.54) is 13.0 Å². The monoisotopic (exact) mass is 356 g/mol. The number of amides is 1. The summed E-state index contributed by atoms with van der Waals surface area (Å²) in [6.07, 6.45) is 0. The number of sulfone groups is 1. The van der Waals surface area contributed by atoms with E-state index in [0.29, 0.717) is 16.5 Å². The Morgan fingerprint density at radius 1 is 1.35 bits per heavy atom. The van der Waals surface area contributed by atoms with Crippen molar-refractivity contribution in [1.29, 1.82) is 0 Å². The Morgan fingerprint density at radius 2 is 2.04 bits per heavy atom. The van der Waals surface area contributed by atoms with Crippen LogP contribution in [0.5, 0.6) is 0 Å². The highest BCUT2D eigenvalue weighted by molar-refractivity contribution is 7.92. The van der Waals surface area contributed by atoms with Crippen LogP contribution in [0.2, 0.25) is 5.02 Å². The van der Waals surface area contributed by atoms with E-state index in [1.54, 1.807) is 32.0 Å². The standard InChI is InChI=1S/C15H17ClN2O4S/c1-9-4-5-12(16)7-14(9)17-15(19)11(3)23(20,21)8-13-6-10(2)22-18-13/h4-7,11H,8H2,1-3H3,(H,17,19). The quantitative estimate of drug-likeness (QED) is 0.889. The molecule has 0 spiro atoms. The number of hydrogen-bond donors (Lipinski definition) is 1. The van der Waals surface area contributed by atoms with Gasteiger partial charge in [-0.15, -0.1) is 0 Å². The summed E-state index contributed by atoms with van der Waals surface area (Å²) in [5.74, 6) is -0.453. The molecule has 1 amide bonds. The number of benzene rings is 1. The van der Waals surface area contributed by atoms with E-state index in [4.69, 9.17) is 16.1 Å². The molecule has 0 saturated carbocycles.